The number of rotatable bonds is 11. The van der Waals surface area contributed by atoms with Gasteiger partial charge in [0.05, 0.1) is 5.56 Å². The van der Waals surface area contributed by atoms with Gasteiger partial charge in [-0.2, -0.15) is 0 Å². The number of esters is 1. The Balaban J connectivity index is 1.08. The number of hydrogen-bond acceptors (Lipinski definition) is 5. The van der Waals surface area contributed by atoms with E-state index in [4.69, 9.17) is 9.47 Å². The molecule has 0 aliphatic rings. The van der Waals surface area contributed by atoms with E-state index in [1.165, 1.54) is 0 Å². The van der Waals surface area contributed by atoms with E-state index in [0.29, 0.717) is 39.5 Å². The van der Waals surface area contributed by atoms with Crippen LogP contribution in [-0.4, -0.2) is 5.97 Å². The summed E-state index contributed by atoms with van der Waals surface area (Å²) >= 11 is 0. The molecule has 55 heavy (non-hydrogen) atoms. The minimum Gasteiger partial charge on any atom is -0.616 e. The van der Waals surface area contributed by atoms with Crippen molar-refractivity contribution in [3.8, 4) is 11.5 Å². The maximum absolute atomic E-state index is 14.8. The quantitative estimate of drug-likeness (QED) is 0.0575. The highest BCUT2D eigenvalue weighted by atomic mass is 16.5. The summed E-state index contributed by atoms with van der Waals surface area (Å²) in [6.45, 7) is 9.87. The summed E-state index contributed by atoms with van der Waals surface area (Å²) < 4.78 is 11.8. The molecule has 0 radical (unpaired) electrons. The van der Waals surface area contributed by atoms with E-state index in [-0.39, 0.29) is 6.10 Å². The zero-order chi connectivity index (χ0) is 38.5. The van der Waals surface area contributed by atoms with Crippen molar-refractivity contribution in [1.29, 1.82) is 0 Å². The molecule has 0 aromatic heterocycles. The van der Waals surface area contributed by atoms with Gasteiger partial charge in [0.1, 0.15) is 34.7 Å². The van der Waals surface area contributed by atoms with E-state index >= 15 is 0 Å². The number of para-hydroxylation sites is 4. The van der Waals surface area contributed by atoms with Gasteiger partial charge in [-0.25, -0.2) is 4.79 Å². The highest BCUT2D eigenvalue weighted by Crippen LogP contribution is 2.45. The first kappa shape index (κ1) is 36.9. The molecule has 0 N–H and O–H groups in total. The van der Waals surface area contributed by atoms with Gasteiger partial charge in [0.25, 0.3) is 0 Å². The van der Waals surface area contributed by atoms with Crippen molar-refractivity contribution in [3.05, 3.63) is 208 Å². The van der Waals surface area contributed by atoms with Gasteiger partial charge < -0.3 is 19.6 Å². The van der Waals surface area contributed by atoms with Gasteiger partial charge in [-0.3, -0.25) is 4.65 Å². The molecule has 0 heterocycles. The van der Waals surface area contributed by atoms with Crippen molar-refractivity contribution >= 4 is 40.1 Å². The predicted octanol–water partition coefficient (Wildman–Crippen LogP) is 13.2. The Morgan fingerprint density at radius 1 is 0.527 bits per heavy atom. The molecule has 7 rings (SSSR count). The van der Waals surface area contributed by atoms with Crippen LogP contribution in [0.3, 0.4) is 0 Å². The fourth-order valence-corrected chi connectivity index (χ4v) is 7.12. The van der Waals surface area contributed by atoms with Gasteiger partial charge >= 0.3 is 5.97 Å². The van der Waals surface area contributed by atoms with Crippen LogP contribution < -0.4 is 19.0 Å². The number of aryl methyl sites for hydroxylation is 4. The number of nitrogens with zero attached hydrogens (tertiary/aromatic N) is 2. The van der Waals surface area contributed by atoms with E-state index in [2.05, 4.69) is 55.1 Å². The predicted molar refractivity (Wildman–Crippen MR) is 224 cm³/mol. The second kappa shape index (κ2) is 15.9. The summed E-state index contributed by atoms with van der Waals surface area (Å²) in [5.74, 6) is 0.793. The number of carbonyl (C=O) groups is 1. The minimum absolute atomic E-state index is 0.274. The van der Waals surface area contributed by atoms with E-state index in [1.807, 2.05) is 142 Å². The minimum atomic E-state index is -0.775. The molecule has 0 fully saturated rings. The van der Waals surface area contributed by atoms with Crippen LogP contribution in [0.4, 0.5) is 34.1 Å². The maximum atomic E-state index is 14.8. The van der Waals surface area contributed by atoms with Gasteiger partial charge in [0.15, 0.2) is 0 Å². The molecule has 0 bridgehead atoms. The van der Waals surface area contributed by atoms with Crippen LogP contribution in [0.25, 0.3) is 0 Å². The highest BCUT2D eigenvalue weighted by molar-refractivity contribution is 5.91. The fraction of sp³-hybridized carbons (Fsp3) is 0.122. The summed E-state index contributed by atoms with van der Waals surface area (Å²) in [5, 5.41) is 14.8. The Bertz CT molecular complexity index is 2270. The van der Waals surface area contributed by atoms with Gasteiger partial charge in [-0.05, 0) is 111 Å². The van der Waals surface area contributed by atoms with Gasteiger partial charge in [-0.15, -0.1) is 0 Å². The number of anilines is 3. The smallest absolute Gasteiger partial charge is 0.343 e. The molecule has 0 spiro atoms. The first-order valence-electron chi connectivity index (χ1n) is 18.5. The molecule has 0 aliphatic heterocycles. The number of benzene rings is 7. The van der Waals surface area contributed by atoms with E-state index in [9.17, 15) is 10.0 Å². The second-order valence-electron chi connectivity index (χ2n) is 13.9. The van der Waals surface area contributed by atoms with Crippen LogP contribution >= 0.6 is 0 Å². The summed E-state index contributed by atoms with van der Waals surface area (Å²) in [6, 6.07) is 54.5. The van der Waals surface area contributed by atoms with E-state index in [0.717, 1.165) is 39.5 Å². The zero-order valence-electron chi connectivity index (χ0n) is 31.8. The number of carbonyl (C=O) groups excluding carboxylic acids is 1. The Kier molecular flexibility index (Phi) is 10.6. The van der Waals surface area contributed by atoms with Gasteiger partial charge in [-0.1, -0.05) is 84.9 Å². The Labute approximate surface area is 323 Å². The van der Waals surface area contributed by atoms with Crippen molar-refractivity contribution in [2.45, 2.75) is 40.7 Å². The molecule has 6 nitrogen and oxygen atoms in total. The molecule has 6 heteroatoms. The molecular weight excluding hydrogens is 681 g/mol. The molecule has 7 aromatic rings. The highest BCUT2D eigenvalue weighted by Gasteiger charge is 2.29. The topological polar surface area (TPSA) is 61.8 Å². The largest absolute Gasteiger partial charge is 0.616 e. The molecule has 274 valence electrons. The Hall–Kier alpha value is -6.47. The van der Waals surface area contributed by atoms with Crippen LogP contribution in [0, 0.1) is 32.9 Å². The van der Waals surface area contributed by atoms with Gasteiger partial charge in [0.2, 0.25) is 0 Å². The molecule has 1 atom stereocenters. The van der Waals surface area contributed by atoms with Crippen LogP contribution in [0.15, 0.2) is 170 Å². The first-order valence-corrected chi connectivity index (χ1v) is 18.5. The number of quaternary nitrogens is 1. The van der Waals surface area contributed by atoms with E-state index < -0.39 is 10.6 Å². The average Bonchev–Trinajstić information content (AvgIpc) is 3.21. The fourth-order valence-electron chi connectivity index (χ4n) is 7.12. The molecule has 1 unspecified atom stereocenters. The number of hydrogen-bond donors (Lipinski definition) is 0. The van der Waals surface area contributed by atoms with Crippen LogP contribution in [-0.2, 0) is 0 Å². The molecule has 7 aromatic carbocycles. The molecule has 0 saturated heterocycles. The molecular formula is C49H44N2O4. The molecule has 0 saturated carbocycles. The first-order chi connectivity index (χ1) is 26.6. The van der Waals surface area contributed by atoms with Crippen molar-refractivity contribution in [3.63, 3.8) is 0 Å². The third-order valence-corrected chi connectivity index (χ3v) is 9.89. The SMILES string of the molecule is Cc1cc([N+]([O-])(c2ccccc2)c2ccccc2)cc(C)c1OC(=O)c1ccc(C(C)Oc2c(C)cc(N(c3ccccc3)c3ccccc3)cc2C)cc1. The maximum Gasteiger partial charge on any atom is 0.343 e. The Morgan fingerprint density at radius 2 is 0.945 bits per heavy atom. The van der Waals surface area contributed by atoms with Crippen LogP contribution in [0.1, 0.15) is 51.2 Å². The standard InChI is InChI=1S/C49H44N2O4/c1-34-30-43(50(41-18-10-6-11-19-41)42-20-12-7-13-21-42)31-35(2)47(34)54-38(5)39-26-28-40(29-27-39)49(52)55-48-36(3)32-46(33-37(48)4)51(53,44-22-14-8-15-23-44)45-24-16-9-17-25-45/h6-33,38H,1-5H3. The van der Waals surface area contributed by atoms with Gasteiger partial charge in [0, 0.05) is 53.5 Å². The normalized spacial score (nSPS) is 11.8. The third kappa shape index (κ3) is 7.64. The van der Waals surface area contributed by atoms with Crippen molar-refractivity contribution in [1.82, 2.24) is 4.65 Å². The summed E-state index contributed by atoms with van der Waals surface area (Å²) in [7, 11) is 0. The van der Waals surface area contributed by atoms with E-state index in [1.54, 1.807) is 12.1 Å². The zero-order valence-corrected chi connectivity index (χ0v) is 31.8. The lowest BCUT2D eigenvalue weighted by molar-refractivity contribution is 0.0732. The monoisotopic (exact) mass is 724 g/mol. The summed E-state index contributed by atoms with van der Waals surface area (Å²) in [6.07, 6.45) is -0.274. The lowest BCUT2D eigenvalue weighted by Crippen LogP contribution is -2.31. The van der Waals surface area contributed by atoms with Crippen LogP contribution in [0.5, 0.6) is 11.5 Å². The third-order valence-electron chi connectivity index (χ3n) is 9.89. The molecule has 0 amide bonds. The van der Waals surface area contributed by atoms with Crippen LogP contribution in [0.2, 0.25) is 0 Å². The summed E-state index contributed by atoms with van der Waals surface area (Å²) in [5.41, 5.74) is 9.66. The lowest BCUT2D eigenvalue weighted by Gasteiger charge is -2.41. The van der Waals surface area contributed by atoms with Crippen molar-refractivity contribution in [2.24, 2.45) is 0 Å². The number of ether oxygens (including phenoxy) is 2. The summed E-state index contributed by atoms with van der Waals surface area (Å²) in [4.78, 5) is 15.7. The molecule has 0 aliphatic carbocycles. The van der Waals surface area contributed by atoms with Crippen molar-refractivity contribution < 1.29 is 14.3 Å². The lowest BCUT2D eigenvalue weighted by atomic mass is 10.1. The Morgan fingerprint density at radius 3 is 1.40 bits per heavy atom. The second-order valence-corrected chi connectivity index (χ2v) is 13.9. The average molecular weight is 725 g/mol. The van der Waals surface area contributed by atoms with Crippen molar-refractivity contribution in [2.75, 3.05) is 4.90 Å².